The van der Waals surface area contributed by atoms with Crippen LogP contribution in [0.4, 0.5) is 0 Å². The van der Waals surface area contributed by atoms with Crippen molar-refractivity contribution in [2.24, 2.45) is 0 Å². The number of hydrogen-bond acceptors (Lipinski definition) is 4. The normalized spacial score (nSPS) is 10.5. The lowest BCUT2D eigenvalue weighted by Gasteiger charge is -1.95. The number of nitrogens with zero attached hydrogens (tertiary/aromatic N) is 2. The molecule has 68 valence electrons. The first-order valence-electron chi connectivity index (χ1n) is 3.99. The van der Waals surface area contributed by atoms with E-state index in [1.54, 1.807) is 11.8 Å². The Morgan fingerprint density at radius 1 is 1.58 bits per heavy atom. The van der Waals surface area contributed by atoms with Gasteiger partial charge in [-0.15, -0.1) is 5.10 Å². The zero-order valence-corrected chi connectivity index (χ0v) is 8.24. The van der Waals surface area contributed by atoms with Crippen molar-refractivity contribution < 1.29 is 0 Å². The lowest BCUT2D eigenvalue weighted by molar-refractivity contribution is 0.777. The molecule has 0 unspecified atom stereocenters. The largest absolute Gasteiger partial charge is 0.320 e. The Morgan fingerprint density at radius 3 is 3.00 bits per heavy atom. The summed E-state index contributed by atoms with van der Waals surface area (Å²) < 4.78 is 0. The van der Waals surface area contributed by atoms with Gasteiger partial charge in [0.2, 0.25) is 5.16 Å². The van der Waals surface area contributed by atoms with Crippen LogP contribution in [-0.2, 0) is 0 Å². The van der Waals surface area contributed by atoms with Crippen LogP contribution in [0.1, 0.15) is 12.2 Å². The zero-order chi connectivity index (χ0) is 8.81. The molecular weight excluding hydrogens is 172 g/mol. The highest BCUT2D eigenvalue weighted by molar-refractivity contribution is 7.99. The minimum atomic E-state index is 0.851. The van der Waals surface area contributed by atoms with Gasteiger partial charge in [-0.05, 0) is 26.9 Å². The summed E-state index contributed by atoms with van der Waals surface area (Å²) in [5.41, 5.74) is 0. The molecule has 1 heterocycles. The highest BCUT2D eigenvalue weighted by Gasteiger charge is 1.98. The minimum absolute atomic E-state index is 0.851. The fourth-order valence-corrected chi connectivity index (χ4v) is 1.58. The number of nitrogens with one attached hydrogen (secondary N) is 2. The molecule has 2 N–H and O–H groups in total. The molecule has 5 heteroatoms. The summed E-state index contributed by atoms with van der Waals surface area (Å²) in [6, 6.07) is 0. The van der Waals surface area contributed by atoms with E-state index in [0.29, 0.717) is 0 Å². The molecule has 0 saturated heterocycles. The van der Waals surface area contributed by atoms with Crippen molar-refractivity contribution in [3.05, 3.63) is 5.82 Å². The first kappa shape index (κ1) is 9.54. The molecule has 12 heavy (non-hydrogen) atoms. The van der Waals surface area contributed by atoms with E-state index in [2.05, 4.69) is 20.5 Å². The number of thioether (sulfide) groups is 1. The highest BCUT2D eigenvalue weighted by atomic mass is 32.2. The standard InChI is InChI=1S/C7H14N4S/c1-6-9-7(11-10-6)12-5-3-4-8-2/h8H,3-5H2,1-2H3,(H,9,10,11). The molecule has 4 nitrogen and oxygen atoms in total. The van der Waals surface area contributed by atoms with E-state index in [1.807, 2.05) is 14.0 Å². The molecule has 0 saturated carbocycles. The predicted molar refractivity (Wildman–Crippen MR) is 50.4 cm³/mol. The Morgan fingerprint density at radius 2 is 2.42 bits per heavy atom. The number of aromatic nitrogens is 3. The zero-order valence-electron chi connectivity index (χ0n) is 7.42. The Kier molecular flexibility index (Phi) is 4.10. The van der Waals surface area contributed by atoms with E-state index in [1.165, 1.54) is 0 Å². The summed E-state index contributed by atoms with van der Waals surface area (Å²) in [6.45, 7) is 2.96. The van der Waals surface area contributed by atoms with Gasteiger partial charge >= 0.3 is 0 Å². The Hall–Kier alpha value is -0.550. The van der Waals surface area contributed by atoms with Gasteiger partial charge in [0.15, 0.2) is 0 Å². The number of aryl methyl sites for hydroxylation is 1. The quantitative estimate of drug-likeness (QED) is 0.528. The van der Waals surface area contributed by atoms with Crippen LogP contribution in [-0.4, -0.2) is 34.5 Å². The minimum Gasteiger partial charge on any atom is -0.320 e. The van der Waals surface area contributed by atoms with Gasteiger partial charge in [-0.2, -0.15) is 0 Å². The van der Waals surface area contributed by atoms with Crippen molar-refractivity contribution in [3.8, 4) is 0 Å². The maximum atomic E-state index is 4.18. The smallest absolute Gasteiger partial charge is 0.208 e. The average molecular weight is 186 g/mol. The van der Waals surface area contributed by atoms with Gasteiger partial charge < -0.3 is 5.32 Å². The molecule has 1 aromatic rings. The molecule has 0 spiro atoms. The summed E-state index contributed by atoms with van der Waals surface area (Å²) in [4.78, 5) is 4.18. The van der Waals surface area contributed by atoms with E-state index in [4.69, 9.17) is 0 Å². The molecule has 0 amide bonds. The lowest BCUT2D eigenvalue weighted by atomic mass is 10.5. The molecule has 0 aliphatic carbocycles. The molecule has 0 aromatic carbocycles. The SMILES string of the molecule is CNCCCSc1n[nH]c(C)n1. The van der Waals surface area contributed by atoms with Crippen molar-refractivity contribution >= 4 is 11.8 Å². The van der Waals surface area contributed by atoms with Crippen molar-refractivity contribution in [2.45, 2.75) is 18.5 Å². The average Bonchev–Trinajstić information content (AvgIpc) is 2.45. The van der Waals surface area contributed by atoms with Crippen LogP contribution in [0.2, 0.25) is 0 Å². The predicted octanol–water partition coefficient (Wildman–Crippen LogP) is 0.815. The van der Waals surface area contributed by atoms with Gasteiger partial charge in [-0.1, -0.05) is 11.8 Å². The van der Waals surface area contributed by atoms with E-state index in [-0.39, 0.29) is 0 Å². The third kappa shape index (κ3) is 3.23. The second-order valence-electron chi connectivity index (χ2n) is 2.51. The lowest BCUT2D eigenvalue weighted by Crippen LogP contribution is -2.08. The monoisotopic (exact) mass is 186 g/mol. The third-order valence-corrected chi connectivity index (χ3v) is 2.31. The van der Waals surface area contributed by atoms with Crippen LogP contribution in [0.3, 0.4) is 0 Å². The van der Waals surface area contributed by atoms with Crippen LogP contribution in [0.15, 0.2) is 5.16 Å². The first-order chi connectivity index (χ1) is 5.83. The van der Waals surface area contributed by atoms with E-state index < -0.39 is 0 Å². The van der Waals surface area contributed by atoms with Crippen molar-refractivity contribution in [2.75, 3.05) is 19.3 Å². The van der Waals surface area contributed by atoms with Crippen molar-refractivity contribution in [3.63, 3.8) is 0 Å². The van der Waals surface area contributed by atoms with E-state index in [9.17, 15) is 0 Å². The molecule has 0 fully saturated rings. The van der Waals surface area contributed by atoms with Crippen LogP contribution in [0, 0.1) is 6.92 Å². The number of rotatable bonds is 5. The Bertz CT molecular complexity index is 223. The van der Waals surface area contributed by atoms with Gasteiger partial charge in [-0.3, -0.25) is 5.10 Å². The molecular formula is C7H14N4S. The third-order valence-electron chi connectivity index (χ3n) is 1.38. The fraction of sp³-hybridized carbons (Fsp3) is 0.714. The highest BCUT2D eigenvalue weighted by Crippen LogP contribution is 2.12. The maximum absolute atomic E-state index is 4.18. The van der Waals surface area contributed by atoms with Gasteiger partial charge in [0, 0.05) is 5.75 Å². The molecule has 0 aliphatic rings. The number of H-pyrrole nitrogens is 1. The van der Waals surface area contributed by atoms with Gasteiger partial charge in [0.1, 0.15) is 5.82 Å². The van der Waals surface area contributed by atoms with Crippen molar-refractivity contribution in [1.82, 2.24) is 20.5 Å². The fourth-order valence-electron chi connectivity index (χ4n) is 0.799. The summed E-state index contributed by atoms with van der Waals surface area (Å²) in [7, 11) is 1.96. The number of hydrogen-bond donors (Lipinski definition) is 2. The Balaban J connectivity index is 2.15. The molecule has 1 rings (SSSR count). The van der Waals surface area contributed by atoms with Gasteiger partial charge in [-0.25, -0.2) is 4.98 Å². The summed E-state index contributed by atoms with van der Waals surface area (Å²) in [6.07, 6.45) is 1.15. The molecule has 0 radical (unpaired) electrons. The maximum Gasteiger partial charge on any atom is 0.208 e. The second kappa shape index (κ2) is 5.16. The van der Waals surface area contributed by atoms with Crippen LogP contribution >= 0.6 is 11.8 Å². The van der Waals surface area contributed by atoms with Crippen LogP contribution < -0.4 is 5.32 Å². The van der Waals surface area contributed by atoms with E-state index >= 15 is 0 Å². The molecule has 0 bridgehead atoms. The van der Waals surface area contributed by atoms with Crippen LogP contribution in [0.5, 0.6) is 0 Å². The Labute approximate surface area is 76.5 Å². The topological polar surface area (TPSA) is 53.6 Å². The van der Waals surface area contributed by atoms with Gasteiger partial charge in [0.25, 0.3) is 0 Å². The summed E-state index contributed by atoms with van der Waals surface area (Å²) >= 11 is 1.69. The number of aromatic amines is 1. The van der Waals surface area contributed by atoms with Crippen molar-refractivity contribution in [1.29, 1.82) is 0 Å². The second-order valence-corrected chi connectivity index (χ2v) is 3.57. The first-order valence-corrected chi connectivity index (χ1v) is 4.98. The summed E-state index contributed by atoms with van der Waals surface area (Å²) in [5, 5.41) is 10.8. The molecule has 0 aliphatic heterocycles. The molecule has 0 atom stereocenters. The summed E-state index contributed by atoms with van der Waals surface area (Å²) in [5.74, 6) is 1.95. The van der Waals surface area contributed by atoms with E-state index in [0.717, 1.165) is 29.7 Å². The van der Waals surface area contributed by atoms with Gasteiger partial charge in [0.05, 0.1) is 0 Å². The van der Waals surface area contributed by atoms with Crippen LogP contribution in [0.25, 0.3) is 0 Å². The molecule has 1 aromatic heterocycles.